The van der Waals surface area contributed by atoms with E-state index in [1.165, 1.54) is 37.1 Å². The van der Waals surface area contributed by atoms with Crippen LogP contribution in [0.1, 0.15) is 41.6 Å². The summed E-state index contributed by atoms with van der Waals surface area (Å²) in [6.07, 6.45) is 4.60. The van der Waals surface area contributed by atoms with Crippen LogP contribution in [0.25, 0.3) is 0 Å². The van der Waals surface area contributed by atoms with Gasteiger partial charge in [0.15, 0.2) is 0 Å². The van der Waals surface area contributed by atoms with E-state index >= 15 is 0 Å². The van der Waals surface area contributed by atoms with Gasteiger partial charge in [0.2, 0.25) is 10.0 Å². The summed E-state index contributed by atoms with van der Waals surface area (Å²) in [6, 6.07) is 11.0. The summed E-state index contributed by atoms with van der Waals surface area (Å²) in [5.74, 6) is 5.80. The molecule has 0 heterocycles. The number of benzene rings is 2. The van der Waals surface area contributed by atoms with Crippen LogP contribution in [0.3, 0.4) is 0 Å². The lowest BCUT2D eigenvalue weighted by Gasteiger charge is -2.10. The lowest BCUT2D eigenvalue weighted by molar-refractivity contribution is 0.0981. The van der Waals surface area contributed by atoms with Crippen molar-refractivity contribution in [3.8, 4) is 11.8 Å². The maximum Gasteiger partial charge on any atom is 0.265 e. The van der Waals surface area contributed by atoms with Crippen molar-refractivity contribution in [1.82, 2.24) is 4.72 Å². The molecule has 1 aliphatic carbocycles. The maximum atomic E-state index is 12.5. The van der Waals surface area contributed by atoms with Crippen LogP contribution < -0.4 is 9.86 Å². The first-order valence-electron chi connectivity index (χ1n) is 8.97. The third kappa shape index (κ3) is 5.23. The van der Waals surface area contributed by atoms with Crippen LogP contribution in [0, 0.1) is 17.8 Å². The van der Waals surface area contributed by atoms with E-state index in [4.69, 9.17) is 5.14 Å². The zero-order chi connectivity index (χ0) is 21.1. The SMILES string of the molecule is NS(=O)(=O)c1ccccc1S(=O)(=O)NC(=O)c1ccc(C#CC2CCCC2)cc1. The number of nitrogens with two attached hydrogens (primary N) is 1. The van der Waals surface area contributed by atoms with Gasteiger partial charge in [0.1, 0.15) is 9.79 Å². The number of sulfonamides is 2. The van der Waals surface area contributed by atoms with Gasteiger partial charge in [0, 0.05) is 17.0 Å². The lowest BCUT2D eigenvalue weighted by atomic mass is 10.1. The maximum absolute atomic E-state index is 12.5. The van der Waals surface area contributed by atoms with Gasteiger partial charge in [-0.05, 0) is 49.2 Å². The summed E-state index contributed by atoms with van der Waals surface area (Å²) in [4.78, 5) is 11.2. The molecule has 3 N–H and O–H groups in total. The molecule has 1 amide bonds. The number of carbonyl (C=O) groups excluding carboxylic acids is 1. The number of nitrogens with one attached hydrogen (secondary N) is 1. The molecule has 9 heteroatoms. The normalized spacial score (nSPS) is 14.8. The Balaban J connectivity index is 1.78. The second-order valence-corrected chi connectivity index (χ2v) is 9.94. The average molecular weight is 433 g/mol. The molecule has 1 aliphatic rings. The first kappa shape index (κ1) is 21.0. The van der Waals surface area contributed by atoms with Gasteiger partial charge in [-0.3, -0.25) is 4.79 Å². The first-order chi connectivity index (χ1) is 13.7. The highest BCUT2D eigenvalue weighted by atomic mass is 32.2. The molecule has 0 aromatic heterocycles. The smallest absolute Gasteiger partial charge is 0.265 e. The third-order valence-corrected chi connectivity index (χ3v) is 7.08. The van der Waals surface area contributed by atoms with Crippen molar-refractivity contribution in [3.63, 3.8) is 0 Å². The van der Waals surface area contributed by atoms with Crippen molar-refractivity contribution in [1.29, 1.82) is 0 Å². The predicted molar refractivity (Wildman–Crippen MR) is 108 cm³/mol. The minimum Gasteiger partial charge on any atom is -0.268 e. The number of primary sulfonamides is 1. The molecule has 152 valence electrons. The van der Waals surface area contributed by atoms with Crippen LogP contribution in [0.2, 0.25) is 0 Å². The Kier molecular flexibility index (Phi) is 6.07. The molecule has 29 heavy (non-hydrogen) atoms. The summed E-state index contributed by atoms with van der Waals surface area (Å²) in [6.45, 7) is 0. The zero-order valence-electron chi connectivity index (χ0n) is 15.5. The van der Waals surface area contributed by atoms with Gasteiger partial charge in [-0.25, -0.2) is 26.7 Å². The number of rotatable bonds is 4. The monoisotopic (exact) mass is 432 g/mol. The second kappa shape index (κ2) is 8.37. The van der Waals surface area contributed by atoms with Crippen molar-refractivity contribution in [2.24, 2.45) is 11.1 Å². The molecule has 1 fully saturated rings. The molecular formula is C20H20N2O5S2. The molecule has 1 saturated carbocycles. The number of carbonyl (C=O) groups is 1. The van der Waals surface area contributed by atoms with E-state index in [-0.39, 0.29) is 5.56 Å². The highest BCUT2D eigenvalue weighted by molar-refractivity contribution is 7.92. The molecule has 0 spiro atoms. The molecule has 7 nitrogen and oxygen atoms in total. The molecule has 0 bridgehead atoms. The molecule has 0 unspecified atom stereocenters. The van der Waals surface area contributed by atoms with Crippen LogP contribution in [-0.4, -0.2) is 22.7 Å². The first-order valence-corrected chi connectivity index (χ1v) is 12.0. The van der Waals surface area contributed by atoms with Crippen molar-refractivity contribution in [3.05, 3.63) is 59.7 Å². The van der Waals surface area contributed by atoms with Gasteiger partial charge >= 0.3 is 0 Å². The van der Waals surface area contributed by atoms with Crippen molar-refractivity contribution >= 4 is 26.0 Å². The summed E-state index contributed by atoms with van der Waals surface area (Å²) in [5, 5.41) is 5.07. The summed E-state index contributed by atoms with van der Waals surface area (Å²) in [5.41, 5.74) is 0.837. The van der Waals surface area contributed by atoms with Crippen molar-refractivity contribution in [2.45, 2.75) is 35.5 Å². The topological polar surface area (TPSA) is 123 Å². The molecular weight excluding hydrogens is 412 g/mol. The third-order valence-electron chi connectivity index (χ3n) is 4.60. The molecule has 0 aliphatic heterocycles. The molecule has 0 radical (unpaired) electrons. The Bertz CT molecular complexity index is 1190. The number of hydrogen-bond acceptors (Lipinski definition) is 5. The number of amides is 1. The van der Waals surface area contributed by atoms with E-state index in [1.54, 1.807) is 12.1 Å². The largest absolute Gasteiger partial charge is 0.268 e. The average Bonchev–Trinajstić information content (AvgIpc) is 3.19. The van der Waals surface area contributed by atoms with Gasteiger partial charge < -0.3 is 0 Å². The van der Waals surface area contributed by atoms with E-state index in [9.17, 15) is 21.6 Å². The van der Waals surface area contributed by atoms with E-state index in [1.807, 2.05) is 4.72 Å². The highest BCUT2D eigenvalue weighted by Gasteiger charge is 2.26. The van der Waals surface area contributed by atoms with Crippen molar-refractivity contribution in [2.75, 3.05) is 0 Å². The van der Waals surface area contributed by atoms with E-state index < -0.39 is 35.7 Å². The van der Waals surface area contributed by atoms with E-state index in [0.29, 0.717) is 5.92 Å². The van der Waals surface area contributed by atoms with E-state index in [0.717, 1.165) is 30.5 Å². The Morgan fingerprint density at radius 2 is 1.52 bits per heavy atom. The standard InChI is InChI=1S/C20H20N2O5S2/c21-28(24,25)18-7-3-4-8-19(18)29(26,27)22-20(23)17-13-11-16(12-14-17)10-9-15-5-1-2-6-15/h3-4,7-8,11-15H,1-2,5-6H2,(H,22,23)(H2,21,24,25). The summed E-state index contributed by atoms with van der Waals surface area (Å²) in [7, 11) is -8.72. The summed E-state index contributed by atoms with van der Waals surface area (Å²) >= 11 is 0. The fourth-order valence-electron chi connectivity index (χ4n) is 3.10. The summed E-state index contributed by atoms with van der Waals surface area (Å²) < 4.78 is 50.2. The Hall–Kier alpha value is -2.67. The quantitative estimate of drug-likeness (QED) is 0.715. The lowest BCUT2D eigenvalue weighted by Crippen LogP contribution is -2.32. The Labute approximate surface area is 170 Å². The zero-order valence-corrected chi connectivity index (χ0v) is 17.1. The van der Waals surface area contributed by atoms with Crippen LogP contribution in [0.15, 0.2) is 58.3 Å². The van der Waals surface area contributed by atoms with Gasteiger partial charge in [-0.2, -0.15) is 0 Å². The molecule has 2 aromatic rings. The molecule has 2 aromatic carbocycles. The molecule has 0 atom stereocenters. The van der Waals surface area contributed by atoms with Gasteiger partial charge in [0.25, 0.3) is 15.9 Å². The van der Waals surface area contributed by atoms with Gasteiger partial charge in [0.05, 0.1) is 0 Å². The minimum atomic E-state index is -4.44. The fourth-order valence-corrected chi connectivity index (χ4v) is 5.46. The van der Waals surface area contributed by atoms with Crippen molar-refractivity contribution < 1.29 is 21.6 Å². The Morgan fingerprint density at radius 1 is 0.931 bits per heavy atom. The predicted octanol–water partition coefficient (Wildman–Crippen LogP) is 1.99. The van der Waals surface area contributed by atoms with E-state index in [2.05, 4.69) is 11.8 Å². The van der Waals surface area contributed by atoms with Crippen LogP contribution >= 0.6 is 0 Å². The van der Waals surface area contributed by atoms with Crippen LogP contribution in [-0.2, 0) is 20.0 Å². The second-order valence-electron chi connectivity index (χ2n) is 6.75. The van der Waals surface area contributed by atoms with Gasteiger partial charge in [-0.1, -0.05) is 36.8 Å². The highest BCUT2D eigenvalue weighted by Crippen LogP contribution is 2.24. The molecule has 3 rings (SSSR count). The fraction of sp³-hybridized carbons (Fsp3) is 0.250. The molecule has 0 saturated heterocycles. The van der Waals surface area contributed by atoms with Crippen LogP contribution in [0.4, 0.5) is 0 Å². The Morgan fingerprint density at radius 3 is 2.10 bits per heavy atom. The van der Waals surface area contributed by atoms with Gasteiger partial charge in [-0.15, -0.1) is 0 Å². The number of hydrogen-bond donors (Lipinski definition) is 2. The minimum absolute atomic E-state index is 0.105. The van der Waals surface area contributed by atoms with Crippen LogP contribution in [0.5, 0.6) is 0 Å².